The van der Waals surface area contributed by atoms with Gasteiger partial charge < -0.3 is 4.74 Å². The van der Waals surface area contributed by atoms with Gasteiger partial charge in [0.15, 0.2) is 6.61 Å². The summed E-state index contributed by atoms with van der Waals surface area (Å²) >= 11 is 0. The van der Waals surface area contributed by atoms with Crippen molar-refractivity contribution >= 4 is 5.76 Å². The summed E-state index contributed by atoms with van der Waals surface area (Å²) in [5, 5.41) is 8.32. The maximum absolute atomic E-state index is 8.32. The maximum Gasteiger partial charge on any atom is 0.174 e. The Balaban J connectivity index is 2.78. The van der Waals surface area contributed by atoms with E-state index < -0.39 is 0 Å². The van der Waals surface area contributed by atoms with Crippen molar-refractivity contribution in [1.29, 1.82) is 5.26 Å². The molecule has 0 spiro atoms. The van der Waals surface area contributed by atoms with E-state index in [1.807, 2.05) is 37.3 Å². The average Bonchev–Trinajstić information content (AvgIpc) is 2.15. The van der Waals surface area contributed by atoms with Crippen molar-refractivity contribution in [2.24, 2.45) is 0 Å². The van der Waals surface area contributed by atoms with Crippen LogP contribution in [0.15, 0.2) is 30.8 Å². The van der Waals surface area contributed by atoms with Crippen molar-refractivity contribution in [3.05, 3.63) is 42.0 Å². The molecule has 0 amide bonds. The highest BCUT2D eigenvalue weighted by atomic mass is 16.5. The van der Waals surface area contributed by atoms with Crippen LogP contribution < -0.4 is 0 Å². The second-order valence-electron chi connectivity index (χ2n) is 2.68. The van der Waals surface area contributed by atoms with E-state index in [4.69, 9.17) is 10.00 Å². The molecule has 0 saturated heterocycles. The topological polar surface area (TPSA) is 33.0 Å². The molecule has 0 aromatic heterocycles. The second-order valence-corrected chi connectivity index (χ2v) is 2.68. The Labute approximate surface area is 78.1 Å². The highest BCUT2D eigenvalue weighted by molar-refractivity contribution is 5.60. The van der Waals surface area contributed by atoms with Gasteiger partial charge in [-0.25, -0.2) is 0 Å². The second kappa shape index (κ2) is 4.32. The maximum atomic E-state index is 8.32. The zero-order chi connectivity index (χ0) is 9.68. The molecule has 13 heavy (non-hydrogen) atoms. The van der Waals surface area contributed by atoms with E-state index in [-0.39, 0.29) is 6.61 Å². The summed E-state index contributed by atoms with van der Waals surface area (Å²) in [6, 6.07) is 9.69. The fraction of sp³-hybridized carbons (Fsp3) is 0.182. The highest BCUT2D eigenvalue weighted by Gasteiger charge is 2.01. The molecular formula is C11H11NO. The third-order valence-electron chi connectivity index (χ3n) is 1.76. The predicted molar refractivity (Wildman–Crippen MR) is 51.8 cm³/mol. The van der Waals surface area contributed by atoms with Gasteiger partial charge in [0.1, 0.15) is 11.8 Å². The molecule has 0 unspecified atom stereocenters. The molecule has 1 aromatic rings. The molecule has 0 saturated carbocycles. The van der Waals surface area contributed by atoms with Crippen LogP contribution in [0.25, 0.3) is 5.76 Å². The van der Waals surface area contributed by atoms with E-state index in [2.05, 4.69) is 6.58 Å². The minimum Gasteiger partial charge on any atom is -0.479 e. The summed E-state index contributed by atoms with van der Waals surface area (Å²) in [7, 11) is 0. The standard InChI is InChI=1S/C11H11NO/c1-9-5-3-4-6-11(9)10(2)13-8-7-12/h3-6H,2,8H2,1H3. The third kappa shape index (κ3) is 2.34. The monoisotopic (exact) mass is 173 g/mol. The summed E-state index contributed by atoms with van der Waals surface area (Å²) in [6.07, 6.45) is 0. The zero-order valence-corrected chi connectivity index (χ0v) is 7.58. The molecule has 2 heteroatoms. The van der Waals surface area contributed by atoms with Gasteiger partial charge in [-0.3, -0.25) is 0 Å². The lowest BCUT2D eigenvalue weighted by molar-refractivity contribution is 0.325. The van der Waals surface area contributed by atoms with Gasteiger partial charge in [-0.2, -0.15) is 5.26 Å². The molecule has 0 aliphatic heterocycles. The number of benzene rings is 1. The molecule has 0 heterocycles. The van der Waals surface area contributed by atoms with Crippen LogP contribution in [0.5, 0.6) is 0 Å². The van der Waals surface area contributed by atoms with E-state index in [0.717, 1.165) is 11.1 Å². The van der Waals surface area contributed by atoms with Gasteiger partial charge in [-0.15, -0.1) is 0 Å². The van der Waals surface area contributed by atoms with Gasteiger partial charge in [-0.05, 0) is 12.5 Å². The first kappa shape index (κ1) is 9.34. The van der Waals surface area contributed by atoms with E-state index in [9.17, 15) is 0 Å². The summed E-state index contributed by atoms with van der Waals surface area (Å²) < 4.78 is 5.10. The van der Waals surface area contributed by atoms with Crippen LogP contribution in [0.3, 0.4) is 0 Å². The minimum atomic E-state index is 0.0488. The van der Waals surface area contributed by atoms with Gasteiger partial charge in [0, 0.05) is 5.56 Å². The Hall–Kier alpha value is -1.75. The smallest absolute Gasteiger partial charge is 0.174 e. The number of aryl methyl sites for hydroxylation is 1. The molecule has 0 aliphatic rings. The molecule has 66 valence electrons. The summed E-state index contributed by atoms with van der Waals surface area (Å²) in [5.41, 5.74) is 2.06. The molecule has 0 N–H and O–H groups in total. The van der Waals surface area contributed by atoms with Crippen LogP contribution in [-0.2, 0) is 4.74 Å². The first-order valence-electron chi connectivity index (χ1n) is 4.00. The fourth-order valence-corrected chi connectivity index (χ4v) is 1.08. The first-order valence-corrected chi connectivity index (χ1v) is 4.00. The van der Waals surface area contributed by atoms with Crippen LogP contribution in [0, 0.1) is 18.3 Å². The van der Waals surface area contributed by atoms with Gasteiger partial charge in [0.05, 0.1) is 0 Å². The Morgan fingerprint density at radius 1 is 1.54 bits per heavy atom. The van der Waals surface area contributed by atoms with Crippen molar-refractivity contribution in [2.75, 3.05) is 6.61 Å². The van der Waals surface area contributed by atoms with Gasteiger partial charge in [-0.1, -0.05) is 30.8 Å². The number of hydrogen-bond donors (Lipinski definition) is 0. The number of nitriles is 1. The van der Waals surface area contributed by atoms with Crippen LogP contribution in [0.1, 0.15) is 11.1 Å². The Morgan fingerprint density at radius 2 is 2.23 bits per heavy atom. The summed E-state index contributed by atoms with van der Waals surface area (Å²) in [5.74, 6) is 0.555. The van der Waals surface area contributed by atoms with Crippen molar-refractivity contribution in [3.8, 4) is 6.07 Å². The fourth-order valence-electron chi connectivity index (χ4n) is 1.08. The molecule has 0 atom stereocenters. The van der Waals surface area contributed by atoms with E-state index in [0.29, 0.717) is 5.76 Å². The Morgan fingerprint density at radius 3 is 2.85 bits per heavy atom. The molecule has 0 bridgehead atoms. The highest BCUT2D eigenvalue weighted by Crippen LogP contribution is 2.17. The number of nitrogens with zero attached hydrogens (tertiary/aromatic N) is 1. The van der Waals surface area contributed by atoms with Gasteiger partial charge >= 0.3 is 0 Å². The molecular weight excluding hydrogens is 162 g/mol. The largest absolute Gasteiger partial charge is 0.479 e. The van der Waals surface area contributed by atoms with Gasteiger partial charge in [0.25, 0.3) is 0 Å². The van der Waals surface area contributed by atoms with E-state index >= 15 is 0 Å². The SMILES string of the molecule is C=C(OCC#N)c1ccccc1C. The zero-order valence-electron chi connectivity index (χ0n) is 7.58. The summed E-state index contributed by atoms with van der Waals surface area (Å²) in [4.78, 5) is 0. The van der Waals surface area contributed by atoms with Crippen molar-refractivity contribution < 1.29 is 4.74 Å². The van der Waals surface area contributed by atoms with Crippen LogP contribution in [0.4, 0.5) is 0 Å². The Bertz CT molecular complexity index is 349. The van der Waals surface area contributed by atoms with Crippen molar-refractivity contribution in [1.82, 2.24) is 0 Å². The third-order valence-corrected chi connectivity index (χ3v) is 1.76. The molecule has 2 nitrogen and oxygen atoms in total. The first-order chi connectivity index (χ1) is 6.25. The van der Waals surface area contributed by atoms with E-state index in [1.54, 1.807) is 0 Å². The minimum absolute atomic E-state index is 0.0488. The Kier molecular flexibility index (Phi) is 3.10. The summed E-state index contributed by atoms with van der Waals surface area (Å²) in [6.45, 7) is 5.78. The van der Waals surface area contributed by atoms with E-state index in [1.165, 1.54) is 0 Å². The van der Waals surface area contributed by atoms with Crippen LogP contribution in [0.2, 0.25) is 0 Å². The molecule has 1 rings (SSSR count). The molecule has 0 radical (unpaired) electrons. The number of rotatable bonds is 3. The normalized spacial score (nSPS) is 8.92. The molecule has 1 aromatic carbocycles. The lowest BCUT2D eigenvalue weighted by atomic mass is 10.1. The van der Waals surface area contributed by atoms with Crippen molar-refractivity contribution in [2.45, 2.75) is 6.92 Å². The van der Waals surface area contributed by atoms with Crippen LogP contribution >= 0.6 is 0 Å². The number of ether oxygens (including phenoxy) is 1. The van der Waals surface area contributed by atoms with Crippen molar-refractivity contribution in [3.63, 3.8) is 0 Å². The lowest BCUT2D eigenvalue weighted by Crippen LogP contribution is -1.93. The lowest BCUT2D eigenvalue weighted by Gasteiger charge is -2.07. The quantitative estimate of drug-likeness (QED) is 0.658. The van der Waals surface area contributed by atoms with Crippen LogP contribution in [-0.4, -0.2) is 6.61 Å². The molecule has 0 fully saturated rings. The van der Waals surface area contributed by atoms with Gasteiger partial charge in [0.2, 0.25) is 0 Å². The molecule has 0 aliphatic carbocycles. The average molecular weight is 173 g/mol. The number of hydrogen-bond acceptors (Lipinski definition) is 2. The predicted octanol–water partition coefficient (Wildman–Crippen LogP) is 2.51.